The minimum Gasteiger partial charge on any atom is -0.454 e. The van der Waals surface area contributed by atoms with Crippen molar-refractivity contribution in [2.24, 2.45) is 5.92 Å². The average molecular weight is 440 g/mol. The Bertz CT molecular complexity index is 986. The molecule has 8 nitrogen and oxygen atoms in total. The maximum Gasteiger partial charge on any atom is 0.329 e. The van der Waals surface area contributed by atoms with Gasteiger partial charge in [0.1, 0.15) is 6.04 Å². The number of nitrogens with one attached hydrogen (secondary N) is 2. The van der Waals surface area contributed by atoms with Crippen molar-refractivity contribution in [2.75, 3.05) is 6.79 Å². The number of esters is 1. The summed E-state index contributed by atoms with van der Waals surface area (Å²) in [6.07, 6.45) is -1.02. The van der Waals surface area contributed by atoms with Gasteiger partial charge in [-0.15, -0.1) is 0 Å². The molecule has 0 aromatic heterocycles. The molecule has 0 saturated carbocycles. The molecule has 2 unspecified atom stereocenters. The van der Waals surface area contributed by atoms with Gasteiger partial charge < -0.3 is 24.8 Å². The number of carbonyl (C=O) groups excluding carboxylic acids is 3. The third kappa shape index (κ3) is 5.78. The lowest BCUT2D eigenvalue weighted by molar-refractivity contribution is -0.157. The molecule has 2 aromatic rings. The highest BCUT2D eigenvalue weighted by molar-refractivity contribution is 5.97. The molecule has 2 atom stereocenters. The molecule has 0 fully saturated rings. The SMILES string of the molecule is Cc1ccc(C(=O)NC(C(=O)OC(C)C(=O)NCc2ccc3c(c2)OCO3)C(C)C)cc1. The number of hydrogen-bond donors (Lipinski definition) is 2. The van der Waals surface area contributed by atoms with Crippen LogP contribution >= 0.6 is 0 Å². The first kappa shape index (κ1) is 23.1. The largest absolute Gasteiger partial charge is 0.454 e. The zero-order valence-electron chi connectivity index (χ0n) is 18.6. The number of hydrogen-bond acceptors (Lipinski definition) is 6. The van der Waals surface area contributed by atoms with E-state index in [-0.39, 0.29) is 25.2 Å². The van der Waals surface area contributed by atoms with Gasteiger partial charge in [-0.05, 0) is 49.6 Å². The Hall–Kier alpha value is -3.55. The summed E-state index contributed by atoms with van der Waals surface area (Å²) in [5.41, 5.74) is 2.30. The topological polar surface area (TPSA) is 103 Å². The fourth-order valence-electron chi connectivity index (χ4n) is 3.11. The molecular weight excluding hydrogens is 412 g/mol. The molecule has 1 aliphatic rings. The Labute approximate surface area is 187 Å². The van der Waals surface area contributed by atoms with Crippen LogP contribution in [-0.4, -0.2) is 36.7 Å². The van der Waals surface area contributed by atoms with E-state index in [0.29, 0.717) is 17.1 Å². The minimum absolute atomic E-state index is 0.176. The van der Waals surface area contributed by atoms with Gasteiger partial charge in [-0.3, -0.25) is 9.59 Å². The van der Waals surface area contributed by atoms with Gasteiger partial charge in [0.05, 0.1) is 0 Å². The Morgan fingerprint density at radius 1 is 1.00 bits per heavy atom. The number of carbonyl (C=O) groups is 3. The third-order valence-corrected chi connectivity index (χ3v) is 5.09. The summed E-state index contributed by atoms with van der Waals surface area (Å²) in [4.78, 5) is 37.6. The van der Waals surface area contributed by atoms with E-state index in [0.717, 1.165) is 11.1 Å². The van der Waals surface area contributed by atoms with Crippen LogP contribution in [0.3, 0.4) is 0 Å². The minimum atomic E-state index is -1.02. The van der Waals surface area contributed by atoms with Gasteiger partial charge in [-0.25, -0.2) is 4.79 Å². The number of fused-ring (bicyclic) bond motifs is 1. The van der Waals surface area contributed by atoms with Crippen LogP contribution in [0.1, 0.15) is 42.3 Å². The number of ether oxygens (including phenoxy) is 3. The van der Waals surface area contributed by atoms with Crippen LogP contribution in [0.25, 0.3) is 0 Å². The predicted molar refractivity (Wildman–Crippen MR) is 117 cm³/mol. The molecule has 8 heteroatoms. The Kier molecular flexibility index (Phi) is 7.35. The second-order valence-electron chi connectivity index (χ2n) is 8.05. The molecule has 1 heterocycles. The molecule has 2 aromatic carbocycles. The molecule has 0 radical (unpaired) electrons. The van der Waals surface area contributed by atoms with Crippen molar-refractivity contribution in [3.63, 3.8) is 0 Å². The van der Waals surface area contributed by atoms with Crippen LogP contribution in [0.2, 0.25) is 0 Å². The highest BCUT2D eigenvalue weighted by Gasteiger charge is 2.29. The molecule has 1 aliphatic heterocycles. The summed E-state index contributed by atoms with van der Waals surface area (Å²) in [6.45, 7) is 7.43. The maximum absolute atomic E-state index is 12.7. The molecular formula is C24H28N2O6. The fraction of sp³-hybridized carbons (Fsp3) is 0.375. The van der Waals surface area contributed by atoms with Crippen molar-refractivity contribution in [3.8, 4) is 11.5 Å². The van der Waals surface area contributed by atoms with E-state index in [9.17, 15) is 14.4 Å². The lowest BCUT2D eigenvalue weighted by Crippen LogP contribution is -2.47. The van der Waals surface area contributed by atoms with E-state index in [4.69, 9.17) is 14.2 Å². The van der Waals surface area contributed by atoms with Crippen molar-refractivity contribution in [1.29, 1.82) is 0 Å². The Morgan fingerprint density at radius 2 is 1.69 bits per heavy atom. The van der Waals surface area contributed by atoms with E-state index >= 15 is 0 Å². The number of rotatable bonds is 8. The summed E-state index contributed by atoms with van der Waals surface area (Å²) in [7, 11) is 0. The van der Waals surface area contributed by atoms with E-state index in [2.05, 4.69) is 10.6 Å². The van der Waals surface area contributed by atoms with E-state index in [1.165, 1.54) is 6.92 Å². The summed E-state index contributed by atoms with van der Waals surface area (Å²) in [6, 6.07) is 11.5. The number of amides is 2. The maximum atomic E-state index is 12.7. The lowest BCUT2D eigenvalue weighted by atomic mass is 10.0. The first-order valence-corrected chi connectivity index (χ1v) is 10.5. The fourth-order valence-corrected chi connectivity index (χ4v) is 3.11. The van der Waals surface area contributed by atoms with Crippen LogP contribution in [0, 0.1) is 12.8 Å². The molecule has 0 spiro atoms. The van der Waals surface area contributed by atoms with Gasteiger partial charge >= 0.3 is 5.97 Å². The summed E-state index contributed by atoms with van der Waals surface area (Å²) >= 11 is 0. The molecule has 2 amide bonds. The monoisotopic (exact) mass is 440 g/mol. The smallest absolute Gasteiger partial charge is 0.329 e. The lowest BCUT2D eigenvalue weighted by Gasteiger charge is -2.23. The second-order valence-corrected chi connectivity index (χ2v) is 8.05. The summed E-state index contributed by atoms with van der Waals surface area (Å²) in [5.74, 6) is -0.411. The van der Waals surface area contributed by atoms with Crippen LogP contribution in [0.5, 0.6) is 11.5 Å². The van der Waals surface area contributed by atoms with Crippen molar-refractivity contribution >= 4 is 17.8 Å². The summed E-state index contributed by atoms with van der Waals surface area (Å²) < 4.78 is 15.9. The van der Waals surface area contributed by atoms with E-state index in [1.807, 2.05) is 25.1 Å². The summed E-state index contributed by atoms with van der Waals surface area (Å²) in [5, 5.41) is 5.44. The van der Waals surface area contributed by atoms with Crippen molar-refractivity contribution in [2.45, 2.75) is 46.4 Å². The van der Waals surface area contributed by atoms with E-state index in [1.54, 1.807) is 38.1 Å². The Balaban J connectivity index is 1.53. The van der Waals surface area contributed by atoms with E-state index < -0.39 is 24.0 Å². The van der Waals surface area contributed by atoms with Crippen LogP contribution in [0.15, 0.2) is 42.5 Å². The molecule has 0 saturated heterocycles. The zero-order valence-corrected chi connectivity index (χ0v) is 18.6. The van der Waals surface area contributed by atoms with Crippen molar-refractivity contribution < 1.29 is 28.6 Å². The predicted octanol–water partition coefficient (Wildman–Crippen LogP) is 2.73. The molecule has 0 bridgehead atoms. The van der Waals surface area contributed by atoms with Gasteiger partial charge in [-0.1, -0.05) is 37.6 Å². The van der Waals surface area contributed by atoms with Crippen molar-refractivity contribution in [3.05, 3.63) is 59.2 Å². The Morgan fingerprint density at radius 3 is 2.38 bits per heavy atom. The molecule has 170 valence electrons. The molecule has 3 rings (SSSR count). The number of benzene rings is 2. The molecule has 0 aliphatic carbocycles. The molecule has 2 N–H and O–H groups in total. The van der Waals surface area contributed by atoms with Crippen LogP contribution < -0.4 is 20.1 Å². The molecule has 32 heavy (non-hydrogen) atoms. The highest BCUT2D eigenvalue weighted by Crippen LogP contribution is 2.32. The van der Waals surface area contributed by atoms with Crippen LogP contribution in [0.4, 0.5) is 0 Å². The second kappa shape index (κ2) is 10.2. The van der Waals surface area contributed by atoms with Gasteiger partial charge in [0.25, 0.3) is 11.8 Å². The van der Waals surface area contributed by atoms with Gasteiger partial charge in [0, 0.05) is 12.1 Å². The quantitative estimate of drug-likeness (QED) is 0.612. The van der Waals surface area contributed by atoms with Crippen molar-refractivity contribution in [1.82, 2.24) is 10.6 Å². The number of aryl methyl sites for hydroxylation is 1. The highest BCUT2D eigenvalue weighted by atomic mass is 16.7. The average Bonchev–Trinajstić information content (AvgIpc) is 3.23. The first-order chi connectivity index (χ1) is 15.2. The van der Waals surface area contributed by atoms with Gasteiger partial charge in [0.15, 0.2) is 17.6 Å². The van der Waals surface area contributed by atoms with Gasteiger partial charge in [-0.2, -0.15) is 0 Å². The van der Waals surface area contributed by atoms with Crippen LogP contribution in [-0.2, 0) is 20.9 Å². The third-order valence-electron chi connectivity index (χ3n) is 5.09. The zero-order chi connectivity index (χ0) is 23.3. The van der Waals surface area contributed by atoms with Gasteiger partial charge in [0.2, 0.25) is 6.79 Å². The standard InChI is InChI=1S/C24H28N2O6/c1-14(2)21(26-23(28)18-8-5-15(3)6-9-18)24(29)32-16(4)22(27)25-12-17-7-10-19-20(11-17)31-13-30-19/h5-11,14,16,21H,12-13H2,1-4H3,(H,25,27)(H,26,28). The normalized spacial score (nSPS) is 13.9. The first-order valence-electron chi connectivity index (χ1n) is 10.5.